The van der Waals surface area contributed by atoms with Crippen LogP contribution < -0.4 is 5.32 Å². The highest BCUT2D eigenvalue weighted by molar-refractivity contribution is 5.76. The van der Waals surface area contributed by atoms with Crippen LogP contribution in [0.5, 0.6) is 0 Å². The molecule has 6 heteroatoms. The summed E-state index contributed by atoms with van der Waals surface area (Å²) in [5.41, 5.74) is 0. The molecule has 2 radical (unpaired) electrons. The van der Waals surface area contributed by atoms with Crippen LogP contribution in [0, 0.1) is 7.05 Å². The molecule has 1 amide bonds. The smallest absolute Gasteiger partial charge is 0.220 e. The minimum atomic E-state index is -0.241. The lowest BCUT2D eigenvalue weighted by Crippen LogP contribution is -2.16. The number of amides is 1. The van der Waals surface area contributed by atoms with Crippen LogP contribution in [-0.2, 0) is 11.2 Å². The summed E-state index contributed by atoms with van der Waals surface area (Å²) in [6.07, 6.45) is 0.718. The van der Waals surface area contributed by atoms with E-state index in [2.05, 4.69) is 20.6 Å². The molecule has 1 rings (SSSR count). The predicted octanol–water partition coefficient (Wildman–Crippen LogP) is -1.08. The number of aryl methyl sites for hydroxylation is 1. The van der Waals surface area contributed by atoms with Gasteiger partial charge in [-0.15, -0.1) is 10.2 Å². The van der Waals surface area contributed by atoms with Crippen molar-refractivity contribution >= 4 is 5.91 Å². The van der Waals surface area contributed by atoms with E-state index in [1.54, 1.807) is 0 Å². The number of carbonyl (C=O) groups excluding carboxylic acids is 1. The topological polar surface area (TPSA) is 83.6 Å². The number of aromatic nitrogens is 4. The standard InChI is InChI=1S/C5H7N5O/c1-6-5(11)3-2-4-7-9-10-8-4/h1H,2-3H2,(H,6,11)(H,7,8,9,10). The molecule has 1 aromatic rings. The Morgan fingerprint density at radius 3 is 3.09 bits per heavy atom. The number of hydrogen-bond acceptors (Lipinski definition) is 4. The second-order valence-corrected chi connectivity index (χ2v) is 1.90. The number of carbonyl (C=O) groups is 1. The van der Waals surface area contributed by atoms with Crippen molar-refractivity contribution in [2.24, 2.45) is 0 Å². The van der Waals surface area contributed by atoms with Gasteiger partial charge in [0, 0.05) is 12.8 Å². The van der Waals surface area contributed by atoms with Gasteiger partial charge in [0.25, 0.3) is 0 Å². The van der Waals surface area contributed by atoms with Crippen molar-refractivity contribution in [1.29, 1.82) is 0 Å². The first-order chi connectivity index (χ1) is 5.33. The summed E-state index contributed by atoms with van der Waals surface area (Å²) in [4.78, 5) is 10.6. The Morgan fingerprint density at radius 2 is 2.55 bits per heavy atom. The lowest BCUT2D eigenvalue weighted by Gasteiger charge is -1.93. The zero-order chi connectivity index (χ0) is 8.10. The fourth-order valence-corrected chi connectivity index (χ4v) is 0.586. The number of H-pyrrole nitrogens is 1. The third-order valence-corrected chi connectivity index (χ3v) is 1.13. The van der Waals surface area contributed by atoms with Gasteiger partial charge in [-0.2, -0.15) is 5.21 Å². The molecule has 0 spiro atoms. The van der Waals surface area contributed by atoms with E-state index in [1.807, 2.05) is 5.32 Å². The Kier molecular flexibility index (Phi) is 2.53. The molecule has 0 saturated heterocycles. The first kappa shape index (κ1) is 7.64. The molecule has 0 atom stereocenters. The van der Waals surface area contributed by atoms with E-state index in [1.165, 1.54) is 0 Å². The quantitative estimate of drug-likeness (QED) is 0.541. The van der Waals surface area contributed by atoms with Gasteiger partial charge in [0.05, 0.1) is 7.05 Å². The van der Waals surface area contributed by atoms with Crippen molar-refractivity contribution in [3.63, 3.8) is 0 Å². The summed E-state index contributed by atoms with van der Waals surface area (Å²) in [6, 6.07) is 0. The predicted molar refractivity (Wildman–Crippen MR) is 34.9 cm³/mol. The minimum Gasteiger partial charge on any atom is -0.349 e. The van der Waals surface area contributed by atoms with Crippen molar-refractivity contribution in [2.75, 3.05) is 0 Å². The summed E-state index contributed by atoms with van der Waals surface area (Å²) >= 11 is 0. The van der Waals surface area contributed by atoms with Gasteiger partial charge in [-0.1, -0.05) is 5.21 Å². The molecule has 0 unspecified atom stereocenters. The van der Waals surface area contributed by atoms with Gasteiger partial charge in [0.2, 0.25) is 5.91 Å². The fraction of sp³-hybridized carbons (Fsp3) is 0.400. The Hall–Kier alpha value is -1.46. The van der Waals surface area contributed by atoms with Gasteiger partial charge in [-0.05, 0) is 0 Å². The van der Waals surface area contributed by atoms with E-state index in [0.29, 0.717) is 12.2 Å². The summed E-state index contributed by atoms with van der Waals surface area (Å²) in [6.45, 7) is 0. The summed E-state index contributed by atoms with van der Waals surface area (Å²) in [5.74, 6) is 0.267. The second kappa shape index (κ2) is 3.65. The van der Waals surface area contributed by atoms with Crippen LogP contribution in [0.2, 0.25) is 0 Å². The molecule has 0 aromatic carbocycles. The minimum absolute atomic E-state index is 0.241. The van der Waals surface area contributed by atoms with Crippen molar-refractivity contribution < 1.29 is 4.79 Å². The average Bonchev–Trinajstić information content (AvgIpc) is 2.52. The molecule has 1 heterocycles. The van der Waals surface area contributed by atoms with E-state index in [-0.39, 0.29) is 12.3 Å². The van der Waals surface area contributed by atoms with Gasteiger partial charge in [-0.25, -0.2) is 0 Å². The molecule has 0 bridgehead atoms. The fourth-order valence-electron chi connectivity index (χ4n) is 0.586. The number of nitrogens with zero attached hydrogens (tertiary/aromatic N) is 3. The summed E-state index contributed by atoms with van der Waals surface area (Å²) in [5, 5.41) is 14.9. The highest BCUT2D eigenvalue weighted by Gasteiger charge is 2.01. The van der Waals surface area contributed by atoms with Gasteiger partial charge in [-0.3, -0.25) is 4.79 Å². The molecular formula is C5H7N5O. The zero-order valence-electron chi connectivity index (χ0n) is 5.74. The molecular weight excluding hydrogens is 146 g/mol. The number of nitrogens with one attached hydrogen (secondary N) is 2. The number of rotatable bonds is 3. The van der Waals surface area contributed by atoms with E-state index in [4.69, 9.17) is 7.05 Å². The molecule has 0 aliphatic heterocycles. The van der Waals surface area contributed by atoms with Crippen LogP contribution in [0.25, 0.3) is 0 Å². The summed E-state index contributed by atoms with van der Waals surface area (Å²) in [7, 11) is 4.85. The second-order valence-electron chi connectivity index (χ2n) is 1.90. The number of hydrogen-bond donors (Lipinski definition) is 2. The molecule has 0 aliphatic carbocycles. The highest BCUT2D eigenvalue weighted by Crippen LogP contribution is 1.90. The van der Waals surface area contributed by atoms with E-state index < -0.39 is 0 Å². The van der Waals surface area contributed by atoms with Crippen LogP contribution in [0.1, 0.15) is 12.2 Å². The van der Waals surface area contributed by atoms with Crippen LogP contribution in [0.4, 0.5) is 0 Å². The molecule has 1 aromatic heterocycles. The third kappa shape index (κ3) is 2.32. The molecule has 0 fully saturated rings. The molecule has 58 valence electrons. The summed E-state index contributed by atoms with van der Waals surface area (Å²) < 4.78 is 0. The largest absolute Gasteiger partial charge is 0.349 e. The van der Waals surface area contributed by atoms with Gasteiger partial charge >= 0.3 is 0 Å². The van der Waals surface area contributed by atoms with E-state index in [9.17, 15) is 4.79 Å². The molecule has 6 nitrogen and oxygen atoms in total. The Labute approximate surface area is 63.4 Å². The van der Waals surface area contributed by atoms with E-state index >= 15 is 0 Å². The highest BCUT2D eigenvalue weighted by atomic mass is 16.1. The van der Waals surface area contributed by atoms with Crippen molar-refractivity contribution in [3.8, 4) is 0 Å². The van der Waals surface area contributed by atoms with Crippen molar-refractivity contribution in [1.82, 2.24) is 25.9 Å². The third-order valence-electron chi connectivity index (χ3n) is 1.13. The molecule has 2 N–H and O–H groups in total. The van der Waals surface area contributed by atoms with Crippen molar-refractivity contribution in [3.05, 3.63) is 12.9 Å². The van der Waals surface area contributed by atoms with E-state index in [0.717, 1.165) is 0 Å². The maximum absolute atomic E-state index is 10.6. The van der Waals surface area contributed by atoms with Crippen LogP contribution in [0.15, 0.2) is 0 Å². The zero-order valence-corrected chi connectivity index (χ0v) is 5.74. The lowest BCUT2D eigenvalue weighted by atomic mass is 10.3. The first-order valence-corrected chi connectivity index (χ1v) is 3.04. The number of aromatic amines is 1. The Morgan fingerprint density at radius 1 is 1.73 bits per heavy atom. The van der Waals surface area contributed by atoms with Gasteiger partial charge < -0.3 is 5.32 Å². The Balaban J connectivity index is 2.29. The number of tetrazole rings is 1. The Bertz CT molecular complexity index is 219. The average molecular weight is 153 g/mol. The SMILES string of the molecule is [CH]NC(=O)CCc1nn[nH]n1. The maximum atomic E-state index is 10.6. The van der Waals surface area contributed by atoms with Crippen LogP contribution in [-0.4, -0.2) is 26.5 Å². The first-order valence-electron chi connectivity index (χ1n) is 3.04. The monoisotopic (exact) mass is 153 g/mol. The van der Waals surface area contributed by atoms with Gasteiger partial charge in [0.1, 0.15) is 0 Å². The van der Waals surface area contributed by atoms with Crippen LogP contribution >= 0.6 is 0 Å². The van der Waals surface area contributed by atoms with Crippen molar-refractivity contribution in [2.45, 2.75) is 12.8 Å². The van der Waals surface area contributed by atoms with Crippen LogP contribution in [0.3, 0.4) is 0 Å². The molecule has 0 aliphatic rings. The maximum Gasteiger partial charge on any atom is 0.220 e. The van der Waals surface area contributed by atoms with Gasteiger partial charge in [0.15, 0.2) is 5.82 Å². The molecule has 0 saturated carbocycles. The normalized spacial score (nSPS) is 9.55. The molecule has 11 heavy (non-hydrogen) atoms. The lowest BCUT2D eigenvalue weighted by molar-refractivity contribution is -0.120.